The van der Waals surface area contributed by atoms with E-state index in [2.05, 4.69) is 0 Å². The molecule has 0 fully saturated rings. The lowest BCUT2D eigenvalue weighted by Gasteiger charge is -2.19. The van der Waals surface area contributed by atoms with Crippen LogP contribution in [0.5, 0.6) is 0 Å². The highest BCUT2D eigenvalue weighted by Gasteiger charge is 2.16. The summed E-state index contributed by atoms with van der Waals surface area (Å²) < 4.78 is 0. The van der Waals surface area contributed by atoms with Gasteiger partial charge >= 0.3 is 0 Å². The van der Waals surface area contributed by atoms with Crippen LogP contribution < -0.4 is 5.73 Å². The first-order chi connectivity index (χ1) is 8.66. The van der Waals surface area contributed by atoms with Crippen LogP contribution in [0.3, 0.4) is 0 Å². The van der Waals surface area contributed by atoms with Crippen molar-refractivity contribution in [2.24, 2.45) is 5.73 Å². The highest BCUT2D eigenvalue weighted by Crippen LogP contribution is 2.18. The van der Waals surface area contributed by atoms with Crippen molar-refractivity contribution in [2.45, 2.75) is 25.5 Å². The Labute approximate surface area is 108 Å². The topological polar surface area (TPSA) is 46.2 Å². The van der Waals surface area contributed by atoms with Gasteiger partial charge in [-0.05, 0) is 24.5 Å². The Morgan fingerprint density at radius 3 is 2.22 bits per heavy atom. The predicted octanol–water partition coefficient (Wildman–Crippen LogP) is 2.60. The quantitative estimate of drug-likeness (QED) is 0.864. The number of hydrogen-bond acceptors (Lipinski definition) is 2. The first-order valence-electron chi connectivity index (χ1n) is 6.21. The van der Waals surface area contributed by atoms with Gasteiger partial charge < -0.3 is 10.8 Å². The van der Waals surface area contributed by atoms with Crippen molar-refractivity contribution in [2.75, 3.05) is 0 Å². The molecular formula is C16H19NO. The SMILES string of the molecule is Cc1ccc(C(O)C(N)Cc2ccccc2)cc1. The summed E-state index contributed by atoms with van der Waals surface area (Å²) in [4.78, 5) is 0. The van der Waals surface area contributed by atoms with E-state index in [9.17, 15) is 5.11 Å². The second kappa shape index (κ2) is 5.80. The van der Waals surface area contributed by atoms with E-state index in [1.807, 2.05) is 61.5 Å². The maximum Gasteiger partial charge on any atom is 0.0944 e. The van der Waals surface area contributed by atoms with Crippen molar-refractivity contribution >= 4 is 0 Å². The molecule has 2 aromatic carbocycles. The molecule has 0 aliphatic heterocycles. The van der Waals surface area contributed by atoms with Crippen LogP contribution in [-0.2, 0) is 6.42 Å². The van der Waals surface area contributed by atoms with E-state index < -0.39 is 6.10 Å². The first-order valence-corrected chi connectivity index (χ1v) is 6.21. The van der Waals surface area contributed by atoms with E-state index in [0.717, 1.165) is 11.1 Å². The van der Waals surface area contributed by atoms with Crippen LogP contribution in [-0.4, -0.2) is 11.1 Å². The van der Waals surface area contributed by atoms with Gasteiger partial charge in [0, 0.05) is 6.04 Å². The maximum absolute atomic E-state index is 10.2. The molecule has 0 heterocycles. The number of aryl methyl sites for hydroxylation is 1. The van der Waals surface area contributed by atoms with Crippen molar-refractivity contribution < 1.29 is 5.11 Å². The van der Waals surface area contributed by atoms with Crippen molar-refractivity contribution in [3.8, 4) is 0 Å². The van der Waals surface area contributed by atoms with Crippen LogP contribution in [0.25, 0.3) is 0 Å². The standard InChI is InChI=1S/C16H19NO/c1-12-7-9-14(10-8-12)16(18)15(17)11-13-5-3-2-4-6-13/h2-10,15-16,18H,11,17H2,1H3. The van der Waals surface area contributed by atoms with E-state index in [4.69, 9.17) is 5.73 Å². The molecule has 0 saturated carbocycles. The summed E-state index contributed by atoms with van der Waals surface area (Å²) in [6.45, 7) is 2.03. The molecule has 2 heteroatoms. The highest BCUT2D eigenvalue weighted by molar-refractivity contribution is 5.25. The third-order valence-electron chi connectivity index (χ3n) is 3.14. The van der Waals surface area contributed by atoms with Crippen LogP contribution in [0.15, 0.2) is 54.6 Å². The molecule has 0 aliphatic carbocycles. The lowest BCUT2D eigenvalue weighted by molar-refractivity contribution is 0.146. The Kier molecular flexibility index (Phi) is 4.13. The van der Waals surface area contributed by atoms with Gasteiger partial charge in [-0.2, -0.15) is 0 Å². The number of rotatable bonds is 4. The molecule has 94 valence electrons. The Balaban J connectivity index is 2.05. The van der Waals surface area contributed by atoms with Gasteiger partial charge in [0.2, 0.25) is 0 Å². The fourth-order valence-electron chi connectivity index (χ4n) is 2.01. The molecule has 2 nitrogen and oxygen atoms in total. The van der Waals surface area contributed by atoms with Gasteiger partial charge in [0.15, 0.2) is 0 Å². The van der Waals surface area contributed by atoms with E-state index in [1.165, 1.54) is 5.56 Å². The molecule has 3 N–H and O–H groups in total. The summed E-state index contributed by atoms with van der Waals surface area (Å²) in [7, 11) is 0. The summed E-state index contributed by atoms with van der Waals surface area (Å²) >= 11 is 0. The second-order valence-corrected chi connectivity index (χ2v) is 4.71. The minimum atomic E-state index is -0.620. The maximum atomic E-state index is 10.2. The Morgan fingerprint density at radius 2 is 1.61 bits per heavy atom. The summed E-state index contributed by atoms with van der Waals surface area (Å²) in [5.74, 6) is 0. The van der Waals surface area contributed by atoms with Gasteiger partial charge in [-0.25, -0.2) is 0 Å². The molecular weight excluding hydrogens is 222 g/mol. The van der Waals surface area contributed by atoms with Gasteiger partial charge in [-0.1, -0.05) is 60.2 Å². The minimum absolute atomic E-state index is 0.282. The molecule has 18 heavy (non-hydrogen) atoms. The normalized spacial score (nSPS) is 14.2. The molecule has 0 aromatic heterocycles. The zero-order valence-corrected chi connectivity index (χ0v) is 10.6. The lowest BCUT2D eigenvalue weighted by Crippen LogP contribution is -2.30. The Hall–Kier alpha value is -1.64. The number of benzene rings is 2. The molecule has 2 unspecified atom stereocenters. The zero-order chi connectivity index (χ0) is 13.0. The van der Waals surface area contributed by atoms with Gasteiger partial charge in [0.1, 0.15) is 0 Å². The zero-order valence-electron chi connectivity index (χ0n) is 10.6. The van der Waals surface area contributed by atoms with Crippen LogP contribution in [0.1, 0.15) is 22.8 Å². The monoisotopic (exact) mass is 241 g/mol. The van der Waals surface area contributed by atoms with Gasteiger partial charge in [0.25, 0.3) is 0 Å². The fourth-order valence-corrected chi connectivity index (χ4v) is 2.01. The molecule has 2 rings (SSSR count). The van der Waals surface area contributed by atoms with Crippen LogP contribution in [0.4, 0.5) is 0 Å². The van der Waals surface area contributed by atoms with Crippen LogP contribution >= 0.6 is 0 Å². The molecule has 2 aromatic rings. The number of nitrogens with two attached hydrogens (primary N) is 1. The van der Waals surface area contributed by atoms with E-state index in [-0.39, 0.29) is 6.04 Å². The lowest BCUT2D eigenvalue weighted by atomic mass is 9.96. The molecule has 0 saturated heterocycles. The molecule has 0 aliphatic rings. The molecule has 0 amide bonds. The van der Waals surface area contributed by atoms with Crippen LogP contribution in [0.2, 0.25) is 0 Å². The van der Waals surface area contributed by atoms with E-state index in [0.29, 0.717) is 6.42 Å². The molecule has 0 bridgehead atoms. The summed E-state index contributed by atoms with van der Waals surface area (Å²) in [6.07, 6.45) is 0.0568. The summed E-state index contributed by atoms with van der Waals surface area (Å²) in [5, 5.41) is 10.2. The Bertz CT molecular complexity index is 478. The third-order valence-corrected chi connectivity index (χ3v) is 3.14. The Morgan fingerprint density at radius 1 is 1.00 bits per heavy atom. The predicted molar refractivity (Wildman–Crippen MR) is 74.3 cm³/mol. The van der Waals surface area contributed by atoms with E-state index in [1.54, 1.807) is 0 Å². The highest BCUT2D eigenvalue weighted by atomic mass is 16.3. The second-order valence-electron chi connectivity index (χ2n) is 4.71. The summed E-state index contributed by atoms with van der Waals surface area (Å²) in [6, 6.07) is 17.6. The van der Waals surface area contributed by atoms with Gasteiger partial charge in [-0.15, -0.1) is 0 Å². The fraction of sp³-hybridized carbons (Fsp3) is 0.250. The van der Waals surface area contributed by atoms with Crippen molar-refractivity contribution in [1.29, 1.82) is 0 Å². The summed E-state index contributed by atoms with van der Waals surface area (Å²) in [5.41, 5.74) is 9.28. The minimum Gasteiger partial charge on any atom is -0.387 e. The first kappa shape index (κ1) is 12.8. The van der Waals surface area contributed by atoms with Crippen molar-refractivity contribution in [3.05, 3.63) is 71.3 Å². The number of hydrogen-bond donors (Lipinski definition) is 2. The third kappa shape index (κ3) is 3.19. The van der Waals surface area contributed by atoms with Crippen molar-refractivity contribution in [3.63, 3.8) is 0 Å². The number of aliphatic hydroxyl groups excluding tert-OH is 1. The van der Waals surface area contributed by atoms with Crippen molar-refractivity contribution in [1.82, 2.24) is 0 Å². The number of aliphatic hydroxyl groups is 1. The van der Waals surface area contributed by atoms with E-state index >= 15 is 0 Å². The smallest absolute Gasteiger partial charge is 0.0944 e. The molecule has 0 spiro atoms. The van der Waals surface area contributed by atoms with Crippen LogP contribution in [0, 0.1) is 6.92 Å². The van der Waals surface area contributed by atoms with Gasteiger partial charge in [-0.3, -0.25) is 0 Å². The molecule has 0 radical (unpaired) electrons. The largest absolute Gasteiger partial charge is 0.387 e. The van der Waals surface area contributed by atoms with Gasteiger partial charge in [0.05, 0.1) is 6.10 Å². The average Bonchev–Trinajstić information content (AvgIpc) is 2.40. The molecule has 2 atom stereocenters. The average molecular weight is 241 g/mol.